The molecule has 2 aromatic carbocycles. The first-order chi connectivity index (χ1) is 16.7. The largest absolute Gasteiger partial charge is 0.504 e. The molecule has 35 heavy (non-hydrogen) atoms. The van der Waals surface area contributed by atoms with E-state index in [4.69, 9.17) is 18.9 Å². The quantitative estimate of drug-likeness (QED) is 0.315. The molecule has 1 saturated heterocycles. The monoisotopic (exact) mass is 492 g/mol. The molecular formula is C25H32O10. The van der Waals surface area contributed by atoms with Gasteiger partial charge >= 0.3 is 0 Å². The maximum absolute atomic E-state index is 10.7. The van der Waals surface area contributed by atoms with Gasteiger partial charge in [0.2, 0.25) is 0 Å². The van der Waals surface area contributed by atoms with Crippen LogP contribution in [0.2, 0.25) is 0 Å². The highest BCUT2D eigenvalue weighted by molar-refractivity contribution is 5.55. The highest BCUT2D eigenvalue weighted by atomic mass is 16.7. The number of aromatic hydroxyl groups is 2. The first kappa shape index (κ1) is 25.5. The van der Waals surface area contributed by atoms with E-state index in [-0.39, 0.29) is 36.2 Å². The summed E-state index contributed by atoms with van der Waals surface area (Å²) in [5.74, 6) is 0.00182. The number of ether oxygens (including phenoxy) is 4. The molecule has 2 heterocycles. The lowest BCUT2D eigenvalue weighted by Gasteiger charge is -2.39. The highest BCUT2D eigenvalue weighted by Crippen LogP contribution is 2.51. The predicted octanol–water partition coefficient (Wildman–Crippen LogP) is 1.09. The number of aryl methyl sites for hydroxylation is 1. The average molecular weight is 493 g/mol. The molecule has 10 heteroatoms. The molecule has 0 unspecified atom stereocenters. The molecule has 0 bridgehead atoms. The Kier molecular flexibility index (Phi) is 7.70. The van der Waals surface area contributed by atoms with Crippen molar-refractivity contribution in [1.82, 2.24) is 0 Å². The van der Waals surface area contributed by atoms with Gasteiger partial charge in [0.1, 0.15) is 24.4 Å². The summed E-state index contributed by atoms with van der Waals surface area (Å²) in [4.78, 5) is 0. The van der Waals surface area contributed by atoms with Crippen LogP contribution in [0.25, 0.3) is 0 Å². The van der Waals surface area contributed by atoms with Crippen molar-refractivity contribution in [2.24, 2.45) is 0 Å². The second-order valence-corrected chi connectivity index (χ2v) is 8.95. The number of phenols is 2. The van der Waals surface area contributed by atoms with E-state index in [1.165, 1.54) is 13.2 Å². The second kappa shape index (κ2) is 10.6. The zero-order valence-corrected chi connectivity index (χ0v) is 19.6. The summed E-state index contributed by atoms with van der Waals surface area (Å²) >= 11 is 0. The van der Waals surface area contributed by atoms with Crippen LogP contribution in [0.4, 0.5) is 0 Å². The Morgan fingerprint density at radius 1 is 0.971 bits per heavy atom. The highest BCUT2D eigenvalue weighted by Gasteiger charge is 2.44. The summed E-state index contributed by atoms with van der Waals surface area (Å²) in [5, 5.41) is 60.3. The molecular weight excluding hydrogens is 460 g/mol. The van der Waals surface area contributed by atoms with E-state index in [1.807, 2.05) is 6.07 Å². The van der Waals surface area contributed by atoms with Crippen LogP contribution >= 0.6 is 0 Å². The van der Waals surface area contributed by atoms with Crippen LogP contribution in [0.15, 0.2) is 30.3 Å². The minimum Gasteiger partial charge on any atom is -0.504 e. The zero-order chi connectivity index (χ0) is 25.3. The zero-order valence-electron chi connectivity index (χ0n) is 19.6. The van der Waals surface area contributed by atoms with Crippen molar-refractivity contribution in [3.63, 3.8) is 0 Å². The smallest absolute Gasteiger partial charge is 0.186 e. The Morgan fingerprint density at radius 2 is 1.74 bits per heavy atom. The fraction of sp³-hybridized carbons (Fsp3) is 0.520. The molecule has 0 amide bonds. The van der Waals surface area contributed by atoms with Crippen LogP contribution in [0, 0.1) is 0 Å². The number of phenolic OH excluding ortho intramolecular Hbond substituents is 2. The standard InChI is InChI=1S/C25H32O10/c1-12-20(29)21(30)22(31)25(34-12)33-11-16-15-8-13(4-3-7-26)9-18(28)24(15)35-23(16)14-5-6-17(27)19(10-14)32-2/h5-6,8-10,12,16,20-23,25-31H,3-4,7,11H2,1-2H3/t12-,16+,20-,21+,22+,23-,25+/m0/s1. The maximum atomic E-state index is 10.7. The van der Waals surface area contributed by atoms with Crippen LogP contribution in [0.3, 0.4) is 0 Å². The van der Waals surface area contributed by atoms with E-state index < -0.39 is 42.7 Å². The fourth-order valence-electron chi connectivity index (χ4n) is 4.60. The average Bonchev–Trinajstić information content (AvgIpc) is 3.22. The van der Waals surface area contributed by atoms with Gasteiger partial charge < -0.3 is 49.6 Å². The molecule has 0 saturated carbocycles. The lowest BCUT2D eigenvalue weighted by Crippen LogP contribution is -2.57. The van der Waals surface area contributed by atoms with Gasteiger partial charge in [-0.3, -0.25) is 0 Å². The van der Waals surface area contributed by atoms with E-state index in [9.17, 15) is 30.6 Å². The predicted molar refractivity (Wildman–Crippen MR) is 123 cm³/mol. The lowest BCUT2D eigenvalue weighted by atomic mass is 9.90. The van der Waals surface area contributed by atoms with Crippen molar-refractivity contribution < 1.29 is 49.6 Å². The summed E-state index contributed by atoms with van der Waals surface area (Å²) in [6, 6.07) is 8.28. The molecule has 0 aromatic heterocycles. The molecule has 1 fully saturated rings. The number of benzene rings is 2. The normalized spacial score (nSPS) is 30.1. The number of rotatable bonds is 8. The summed E-state index contributed by atoms with van der Waals surface area (Å²) in [5.41, 5.74) is 2.15. The molecule has 10 nitrogen and oxygen atoms in total. The maximum Gasteiger partial charge on any atom is 0.186 e. The number of aliphatic hydroxyl groups excluding tert-OH is 4. The molecule has 6 N–H and O–H groups in total. The van der Waals surface area contributed by atoms with Gasteiger partial charge in [-0.15, -0.1) is 0 Å². The molecule has 2 aliphatic rings. The molecule has 7 atom stereocenters. The molecule has 0 spiro atoms. The van der Waals surface area contributed by atoms with Crippen molar-refractivity contribution >= 4 is 0 Å². The van der Waals surface area contributed by atoms with Gasteiger partial charge in [-0.1, -0.05) is 12.1 Å². The number of fused-ring (bicyclic) bond motifs is 1. The number of aliphatic hydroxyl groups is 4. The number of hydrogen-bond acceptors (Lipinski definition) is 10. The third-order valence-electron chi connectivity index (χ3n) is 6.57. The first-order valence-electron chi connectivity index (χ1n) is 11.6. The SMILES string of the molecule is COc1cc([C@@H]2Oc3c(O)cc(CCCO)cc3[C@H]2CO[C@@H]2O[C@@H](C)[C@H](O)[C@@H](O)[C@H]2O)ccc1O. The van der Waals surface area contributed by atoms with E-state index in [1.54, 1.807) is 25.1 Å². The third kappa shape index (κ3) is 5.04. The van der Waals surface area contributed by atoms with Crippen molar-refractivity contribution in [1.29, 1.82) is 0 Å². The Labute approximate surface area is 202 Å². The summed E-state index contributed by atoms with van der Waals surface area (Å²) in [6.45, 7) is 1.57. The molecule has 4 rings (SSSR count). The molecule has 0 radical (unpaired) electrons. The summed E-state index contributed by atoms with van der Waals surface area (Å²) in [6.07, 6.45) is -5.63. The van der Waals surface area contributed by atoms with Crippen molar-refractivity contribution in [3.8, 4) is 23.0 Å². The van der Waals surface area contributed by atoms with Crippen LogP contribution < -0.4 is 9.47 Å². The fourth-order valence-corrected chi connectivity index (χ4v) is 4.60. The van der Waals surface area contributed by atoms with Gasteiger partial charge in [0.05, 0.1) is 25.7 Å². The van der Waals surface area contributed by atoms with Crippen molar-refractivity contribution in [3.05, 3.63) is 47.0 Å². The lowest BCUT2D eigenvalue weighted by molar-refractivity contribution is -0.294. The number of methoxy groups -OCH3 is 1. The van der Waals surface area contributed by atoms with Crippen LogP contribution in [0.1, 0.15) is 42.1 Å². The second-order valence-electron chi connectivity index (χ2n) is 8.95. The molecule has 2 aromatic rings. The first-order valence-corrected chi connectivity index (χ1v) is 11.6. The van der Waals surface area contributed by atoms with Crippen LogP contribution in [0.5, 0.6) is 23.0 Å². The van der Waals surface area contributed by atoms with E-state index in [0.29, 0.717) is 24.0 Å². The Bertz CT molecular complexity index is 1030. The molecule has 0 aliphatic carbocycles. The topological polar surface area (TPSA) is 158 Å². The third-order valence-corrected chi connectivity index (χ3v) is 6.57. The van der Waals surface area contributed by atoms with Gasteiger partial charge in [0, 0.05) is 12.2 Å². The summed E-state index contributed by atoms with van der Waals surface area (Å²) < 4.78 is 22.8. The summed E-state index contributed by atoms with van der Waals surface area (Å²) in [7, 11) is 1.44. The van der Waals surface area contributed by atoms with Gasteiger partial charge in [0.25, 0.3) is 0 Å². The van der Waals surface area contributed by atoms with E-state index >= 15 is 0 Å². The van der Waals surface area contributed by atoms with Crippen LogP contribution in [-0.4, -0.2) is 81.7 Å². The van der Waals surface area contributed by atoms with Crippen LogP contribution in [-0.2, 0) is 15.9 Å². The Balaban J connectivity index is 1.65. The number of hydrogen-bond donors (Lipinski definition) is 6. The minimum absolute atomic E-state index is 0.0129. The van der Waals surface area contributed by atoms with Gasteiger partial charge in [-0.25, -0.2) is 0 Å². The molecule has 2 aliphatic heterocycles. The Hall–Kier alpha value is -2.60. The van der Waals surface area contributed by atoms with Crippen molar-refractivity contribution in [2.75, 3.05) is 20.3 Å². The van der Waals surface area contributed by atoms with E-state index in [0.717, 1.165) is 5.56 Å². The Morgan fingerprint density at radius 3 is 2.46 bits per heavy atom. The van der Waals surface area contributed by atoms with Crippen molar-refractivity contribution in [2.45, 2.75) is 62.5 Å². The van der Waals surface area contributed by atoms with Gasteiger partial charge in [0.15, 0.2) is 29.3 Å². The van der Waals surface area contributed by atoms with E-state index in [2.05, 4.69) is 0 Å². The van der Waals surface area contributed by atoms with Gasteiger partial charge in [-0.2, -0.15) is 0 Å². The molecule has 192 valence electrons. The van der Waals surface area contributed by atoms with Gasteiger partial charge in [-0.05, 0) is 49.1 Å². The minimum atomic E-state index is -1.46.